The zero-order chi connectivity index (χ0) is 21.4. The van der Waals surface area contributed by atoms with Crippen LogP contribution in [0.2, 0.25) is 10.0 Å². The standard InChI is InChI=1S/C8H4BrClN2O.C7H5BrClNO.CH4N2O.CH4/c9-5-1-4-3-11-8(13)12-7(4)2-6(5)10;8-5-1-4(3-11)7(10)2-6(5)9;2-1(3)4;/h1-3H,(H,11,12,13);1-3H,10H2;(H4,2,3,4);1H4. The van der Waals surface area contributed by atoms with Gasteiger partial charge < -0.3 is 22.2 Å². The number of H-pyrrole nitrogens is 1. The molecule has 1 heterocycles. The topological polar surface area (TPSA) is 158 Å². The number of anilines is 1. The molecule has 2 amide bonds. The van der Waals surface area contributed by atoms with Gasteiger partial charge in [-0.1, -0.05) is 30.6 Å². The van der Waals surface area contributed by atoms with Crippen molar-refractivity contribution in [2.24, 2.45) is 11.5 Å². The van der Waals surface area contributed by atoms with Gasteiger partial charge in [-0.25, -0.2) is 14.6 Å². The molecule has 29 heavy (non-hydrogen) atoms. The minimum absolute atomic E-state index is 0. The Morgan fingerprint density at radius 2 is 1.59 bits per heavy atom. The predicted molar refractivity (Wildman–Crippen MR) is 125 cm³/mol. The van der Waals surface area contributed by atoms with E-state index in [-0.39, 0.29) is 13.1 Å². The van der Waals surface area contributed by atoms with E-state index in [1.807, 2.05) is 0 Å². The van der Waals surface area contributed by atoms with Crippen molar-refractivity contribution in [2.75, 3.05) is 5.73 Å². The highest BCUT2D eigenvalue weighted by Crippen LogP contribution is 2.27. The van der Waals surface area contributed by atoms with E-state index >= 15 is 0 Å². The average molecular weight is 570 g/mol. The number of halogens is 4. The van der Waals surface area contributed by atoms with Crippen LogP contribution in [-0.4, -0.2) is 22.3 Å². The number of carbonyl (C=O) groups is 2. The van der Waals surface area contributed by atoms with Crippen LogP contribution >= 0.6 is 55.1 Å². The molecule has 3 rings (SSSR count). The maximum absolute atomic E-state index is 10.9. The number of hydrogen-bond acceptors (Lipinski definition) is 5. The number of nitrogens with zero attached hydrogens (tertiary/aromatic N) is 1. The summed E-state index contributed by atoms with van der Waals surface area (Å²) >= 11 is 18.0. The Labute approximate surface area is 193 Å². The Hall–Kier alpha value is -2.14. The van der Waals surface area contributed by atoms with Crippen LogP contribution in [0.4, 0.5) is 10.5 Å². The highest BCUT2D eigenvalue weighted by molar-refractivity contribution is 9.10. The van der Waals surface area contributed by atoms with Crippen LogP contribution < -0.4 is 22.9 Å². The van der Waals surface area contributed by atoms with Gasteiger partial charge in [0.1, 0.15) is 0 Å². The van der Waals surface area contributed by atoms with E-state index < -0.39 is 6.03 Å². The monoisotopic (exact) mass is 567 g/mol. The molecule has 3 aromatic rings. The molecule has 1 aromatic heterocycles. The Bertz CT molecular complexity index is 1070. The van der Waals surface area contributed by atoms with Crippen LogP contribution in [0.1, 0.15) is 17.8 Å². The van der Waals surface area contributed by atoms with Gasteiger partial charge in [0.2, 0.25) is 0 Å². The maximum atomic E-state index is 10.9. The molecule has 12 heteroatoms. The summed E-state index contributed by atoms with van der Waals surface area (Å²) in [5.74, 6) is 0. The zero-order valence-corrected chi connectivity index (χ0v) is 18.6. The summed E-state index contributed by atoms with van der Waals surface area (Å²) in [5.41, 5.74) is 15.1. The molecule has 0 spiro atoms. The van der Waals surface area contributed by atoms with Crippen molar-refractivity contribution in [1.82, 2.24) is 9.97 Å². The lowest BCUT2D eigenvalue weighted by Gasteiger charge is -2.00. The van der Waals surface area contributed by atoms with Crippen LogP contribution in [0, 0.1) is 0 Å². The fourth-order valence-corrected chi connectivity index (χ4v) is 2.79. The molecule has 8 nitrogen and oxygen atoms in total. The van der Waals surface area contributed by atoms with E-state index in [4.69, 9.17) is 33.7 Å². The first-order valence-electron chi connectivity index (χ1n) is 7.13. The molecular formula is C17H17Br2Cl2N5O3. The van der Waals surface area contributed by atoms with E-state index in [2.05, 4.69) is 53.3 Å². The lowest BCUT2D eigenvalue weighted by molar-refractivity contribution is 0.112. The quantitative estimate of drug-likeness (QED) is 0.250. The first-order valence-corrected chi connectivity index (χ1v) is 9.48. The van der Waals surface area contributed by atoms with Gasteiger partial charge in [0.05, 0.1) is 15.6 Å². The highest BCUT2D eigenvalue weighted by Gasteiger charge is 2.02. The minimum atomic E-state index is -0.833. The molecule has 2 aromatic carbocycles. The van der Waals surface area contributed by atoms with Gasteiger partial charge in [0.25, 0.3) is 0 Å². The number of amides is 2. The molecule has 0 saturated heterocycles. The lowest BCUT2D eigenvalue weighted by atomic mass is 10.2. The van der Waals surface area contributed by atoms with Crippen molar-refractivity contribution < 1.29 is 9.59 Å². The van der Waals surface area contributed by atoms with Crippen molar-refractivity contribution in [3.8, 4) is 0 Å². The molecular weight excluding hydrogens is 553 g/mol. The summed E-state index contributed by atoms with van der Waals surface area (Å²) in [4.78, 5) is 36.4. The van der Waals surface area contributed by atoms with Crippen molar-refractivity contribution in [3.63, 3.8) is 0 Å². The second kappa shape index (κ2) is 12.4. The van der Waals surface area contributed by atoms with Crippen molar-refractivity contribution in [1.29, 1.82) is 0 Å². The normalized spacial score (nSPS) is 9.24. The number of aldehydes is 1. The summed E-state index contributed by atoms with van der Waals surface area (Å²) in [5, 5.41) is 1.92. The number of aromatic amines is 1. The molecule has 156 valence electrons. The number of urea groups is 1. The maximum Gasteiger partial charge on any atom is 0.345 e. The number of hydrogen-bond donors (Lipinski definition) is 4. The number of aromatic nitrogens is 2. The van der Waals surface area contributed by atoms with E-state index in [1.165, 1.54) is 12.3 Å². The van der Waals surface area contributed by atoms with Crippen molar-refractivity contribution >= 4 is 84.0 Å². The van der Waals surface area contributed by atoms with Gasteiger partial charge in [-0.05, 0) is 56.1 Å². The summed E-state index contributed by atoms with van der Waals surface area (Å²) in [6.45, 7) is 0. The third-order valence-electron chi connectivity index (χ3n) is 2.91. The molecule has 0 aliphatic carbocycles. The smallest absolute Gasteiger partial charge is 0.345 e. The second-order valence-corrected chi connectivity index (χ2v) is 7.48. The van der Waals surface area contributed by atoms with Gasteiger partial charge in [0.15, 0.2) is 6.29 Å². The Morgan fingerprint density at radius 1 is 1.07 bits per heavy atom. The van der Waals surface area contributed by atoms with Gasteiger partial charge in [0, 0.05) is 31.8 Å². The van der Waals surface area contributed by atoms with Crippen LogP contribution in [0.15, 0.2) is 44.2 Å². The molecule has 0 saturated carbocycles. The number of fused-ring (bicyclic) bond motifs is 1. The van der Waals surface area contributed by atoms with Crippen LogP contribution in [0.25, 0.3) is 10.9 Å². The molecule has 0 unspecified atom stereocenters. The van der Waals surface area contributed by atoms with Gasteiger partial charge >= 0.3 is 11.7 Å². The molecule has 0 radical (unpaired) electrons. The van der Waals surface area contributed by atoms with Gasteiger partial charge in [-0.3, -0.25) is 4.79 Å². The van der Waals surface area contributed by atoms with E-state index in [9.17, 15) is 9.59 Å². The number of benzene rings is 2. The first-order chi connectivity index (χ1) is 13.0. The molecule has 0 aliphatic heterocycles. The minimum Gasteiger partial charge on any atom is -0.398 e. The first kappa shape index (κ1) is 26.9. The number of nitrogens with two attached hydrogens (primary N) is 3. The average Bonchev–Trinajstić information content (AvgIpc) is 2.59. The van der Waals surface area contributed by atoms with Crippen LogP contribution in [0.5, 0.6) is 0 Å². The third kappa shape index (κ3) is 8.82. The molecule has 0 atom stereocenters. The fraction of sp³-hybridized carbons (Fsp3) is 0.0588. The van der Waals surface area contributed by atoms with Gasteiger partial charge in [-0.15, -0.1) is 0 Å². The Kier molecular flexibility index (Phi) is 11.5. The summed E-state index contributed by atoms with van der Waals surface area (Å²) < 4.78 is 1.46. The van der Waals surface area contributed by atoms with Crippen LogP contribution in [0.3, 0.4) is 0 Å². The number of primary amides is 2. The summed E-state index contributed by atoms with van der Waals surface area (Å²) in [6.07, 6.45) is 2.20. The lowest BCUT2D eigenvalue weighted by Crippen LogP contribution is -2.18. The van der Waals surface area contributed by atoms with Crippen LogP contribution in [-0.2, 0) is 0 Å². The molecule has 0 fully saturated rings. The second-order valence-electron chi connectivity index (χ2n) is 4.96. The van der Waals surface area contributed by atoms with E-state index in [0.29, 0.717) is 37.6 Å². The summed E-state index contributed by atoms with van der Waals surface area (Å²) in [6, 6.07) is 5.78. The number of nitrogen functional groups attached to an aromatic ring is 1. The molecule has 7 N–H and O–H groups in total. The van der Waals surface area contributed by atoms with E-state index in [1.54, 1.807) is 18.2 Å². The number of carbonyl (C=O) groups excluding carboxylic acids is 2. The Morgan fingerprint density at radius 3 is 2.14 bits per heavy atom. The Balaban J connectivity index is 0.000000450. The molecule has 0 aliphatic rings. The predicted octanol–water partition coefficient (Wildman–Crippen LogP) is 4.50. The SMILES string of the molecule is C.NC(N)=O.Nc1cc(Cl)c(Br)cc1C=O.O=c1ncc2cc(Br)c(Cl)cc2[nH]1. The third-order valence-corrected chi connectivity index (χ3v) is 5.30. The van der Waals surface area contributed by atoms with Gasteiger partial charge in [-0.2, -0.15) is 0 Å². The summed E-state index contributed by atoms with van der Waals surface area (Å²) in [7, 11) is 0. The number of rotatable bonds is 1. The fourth-order valence-electron chi connectivity index (χ4n) is 1.73. The largest absolute Gasteiger partial charge is 0.398 e. The van der Waals surface area contributed by atoms with Crippen molar-refractivity contribution in [2.45, 2.75) is 7.43 Å². The van der Waals surface area contributed by atoms with Crippen molar-refractivity contribution in [3.05, 3.63) is 65.5 Å². The number of nitrogens with one attached hydrogen (secondary N) is 1. The van der Waals surface area contributed by atoms with E-state index in [0.717, 1.165) is 9.86 Å². The molecule has 0 bridgehead atoms. The zero-order valence-electron chi connectivity index (χ0n) is 13.9. The highest BCUT2D eigenvalue weighted by atomic mass is 79.9.